The number of carbonyl (C=O) groups excluding carboxylic acids is 1. The molecule has 1 saturated heterocycles. The molecule has 0 spiro atoms. The quantitative estimate of drug-likeness (QED) is 0.746. The molecule has 1 N–H and O–H groups in total. The number of likely N-dealkylation sites (N-methyl/N-ethyl adjacent to an activating group) is 1. The number of esters is 1. The molecule has 4 nitrogen and oxygen atoms in total. The molecule has 0 aromatic heterocycles. The second-order valence-electron chi connectivity index (χ2n) is 5.07. The van der Waals surface area contributed by atoms with Crippen LogP contribution < -0.4 is 5.32 Å². The van der Waals surface area contributed by atoms with Gasteiger partial charge in [-0.1, -0.05) is 37.3 Å². The molecule has 1 atom stereocenters. The molecule has 116 valence electrons. The van der Waals surface area contributed by atoms with Gasteiger partial charge in [0.2, 0.25) is 0 Å². The first-order chi connectivity index (χ1) is 10.2. The highest BCUT2D eigenvalue weighted by molar-refractivity contribution is 8.00. The van der Waals surface area contributed by atoms with Crippen LogP contribution in [0.2, 0.25) is 0 Å². The zero-order valence-corrected chi connectivity index (χ0v) is 13.4. The summed E-state index contributed by atoms with van der Waals surface area (Å²) in [7, 11) is 1.45. The third-order valence-electron chi connectivity index (χ3n) is 3.72. The maximum atomic E-state index is 12.5. The predicted molar refractivity (Wildman–Crippen MR) is 85.5 cm³/mol. The van der Waals surface area contributed by atoms with Gasteiger partial charge in [0.25, 0.3) is 0 Å². The van der Waals surface area contributed by atoms with Gasteiger partial charge in [0.05, 0.1) is 25.6 Å². The van der Waals surface area contributed by atoms with Crippen molar-refractivity contribution in [2.24, 2.45) is 0 Å². The van der Waals surface area contributed by atoms with Gasteiger partial charge >= 0.3 is 5.97 Å². The van der Waals surface area contributed by atoms with Crippen LogP contribution in [0.25, 0.3) is 0 Å². The van der Waals surface area contributed by atoms with Crippen molar-refractivity contribution < 1.29 is 14.3 Å². The maximum Gasteiger partial charge on any atom is 0.330 e. The van der Waals surface area contributed by atoms with Crippen LogP contribution in [0.15, 0.2) is 30.3 Å². The Kier molecular flexibility index (Phi) is 6.08. The van der Waals surface area contributed by atoms with Gasteiger partial charge in [-0.25, -0.2) is 4.79 Å². The summed E-state index contributed by atoms with van der Waals surface area (Å²) in [6.45, 7) is 4.36. The summed E-state index contributed by atoms with van der Waals surface area (Å²) in [5.74, 6) is 0.673. The van der Waals surface area contributed by atoms with E-state index in [0.29, 0.717) is 18.2 Å². The van der Waals surface area contributed by atoms with Crippen LogP contribution in [0, 0.1) is 0 Å². The highest BCUT2D eigenvalue weighted by atomic mass is 32.2. The molecule has 1 aromatic rings. The van der Waals surface area contributed by atoms with Crippen LogP contribution in [0.5, 0.6) is 0 Å². The number of ether oxygens (including phenoxy) is 2. The monoisotopic (exact) mass is 309 g/mol. The zero-order valence-electron chi connectivity index (χ0n) is 12.6. The highest BCUT2D eigenvalue weighted by Gasteiger charge is 2.40. The van der Waals surface area contributed by atoms with E-state index in [4.69, 9.17) is 9.47 Å². The molecular formula is C16H23NO3S. The van der Waals surface area contributed by atoms with E-state index >= 15 is 0 Å². The van der Waals surface area contributed by atoms with E-state index in [2.05, 4.69) is 5.32 Å². The molecule has 5 heteroatoms. The van der Waals surface area contributed by atoms with E-state index < -0.39 is 5.54 Å². The van der Waals surface area contributed by atoms with Gasteiger partial charge in [0.15, 0.2) is 0 Å². The summed E-state index contributed by atoms with van der Waals surface area (Å²) >= 11 is 1.87. The zero-order chi connectivity index (χ0) is 15.1. The molecule has 1 unspecified atom stereocenters. The first kappa shape index (κ1) is 16.3. The number of methoxy groups -OCH3 is 1. The Morgan fingerprint density at radius 1 is 1.43 bits per heavy atom. The Bertz CT molecular complexity index is 450. The summed E-state index contributed by atoms with van der Waals surface area (Å²) < 4.78 is 10.3. The molecule has 21 heavy (non-hydrogen) atoms. The average Bonchev–Trinajstić information content (AvgIpc) is 2.48. The van der Waals surface area contributed by atoms with Crippen LogP contribution in [-0.4, -0.2) is 43.8 Å². The minimum absolute atomic E-state index is 0.221. The summed E-state index contributed by atoms with van der Waals surface area (Å²) in [6, 6.07) is 9.83. The van der Waals surface area contributed by atoms with Crippen molar-refractivity contribution in [1.29, 1.82) is 0 Å². The third-order valence-corrected chi connectivity index (χ3v) is 4.90. The second-order valence-corrected chi connectivity index (χ2v) is 6.48. The van der Waals surface area contributed by atoms with Crippen molar-refractivity contribution in [2.45, 2.75) is 24.1 Å². The Hall–Kier alpha value is -1.04. The first-order valence-electron chi connectivity index (χ1n) is 7.31. The minimum atomic E-state index is -0.762. The van der Waals surface area contributed by atoms with E-state index in [1.54, 1.807) is 0 Å². The van der Waals surface area contributed by atoms with Crippen molar-refractivity contribution in [3.8, 4) is 0 Å². The second kappa shape index (κ2) is 7.82. The molecule has 0 amide bonds. The maximum absolute atomic E-state index is 12.5. The van der Waals surface area contributed by atoms with E-state index in [1.807, 2.05) is 49.0 Å². The van der Waals surface area contributed by atoms with Gasteiger partial charge in [-0.3, -0.25) is 5.32 Å². The van der Waals surface area contributed by atoms with Crippen molar-refractivity contribution >= 4 is 17.7 Å². The fraction of sp³-hybridized carbons (Fsp3) is 0.562. The molecule has 1 fully saturated rings. The van der Waals surface area contributed by atoms with Crippen LogP contribution in [0.4, 0.5) is 0 Å². The fourth-order valence-electron chi connectivity index (χ4n) is 2.51. The van der Waals surface area contributed by atoms with Crippen LogP contribution in [0.1, 0.15) is 18.9 Å². The summed E-state index contributed by atoms with van der Waals surface area (Å²) in [5.41, 5.74) is 0.201. The lowest BCUT2D eigenvalue weighted by Gasteiger charge is -2.33. The van der Waals surface area contributed by atoms with Crippen molar-refractivity contribution in [2.75, 3.05) is 32.6 Å². The van der Waals surface area contributed by atoms with Crippen molar-refractivity contribution in [3.05, 3.63) is 35.9 Å². The average molecular weight is 309 g/mol. The molecule has 2 rings (SSSR count). The minimum Gasteiger partial charge on any atom is -0.467 e. The van der Waals surface area contributed by atoms with Gasteiger partial charge < -0.3 is 9.47 Å². The lowest BCUT2D eigenvalue weighted by atomic mass is 9.87. The van der Waals surface area contributed by atoms with E-state index in [0.717, 1.165) is 24.5 Å². The molecule has 0 bridgehead atoms. The summed E-state index contributed by atoms with van der Waals surface area (Å²) in [4.78, 5) is 12.5. The molecule has 1 aromatic carbocycles. The standard InChI is InChI=1S/C16H23NO3S/c1-3-17-16(15(18)19-2,13-7-5-4-6-8-13)9-10-21-14-11-20-12-14/h4-8,14,17H,3,9-12H2,1-2H3. The SMILES string of the molecule is CCNC(CCSC1COC1)(C(=O)OC)c1ccccc1. The molecule has 0 radical (unpaired) electrons. The largest absolute Gasteiger partial charge is 0.467 e. The van der Waals surface area contributed by atoms with E-state index in [1.165, 1.54) is 7.11 Å². The van der Waals surface area contributed by atoms with E-state index in [-0.39, 0.29) is 5.97 Å². The van der Waals surface area contributed by atoms with Crippen LogP contribution in [0.3, 0.4) is 0 Å². The molecule has 1 aliphatic heterocycles. The number of benzene rings is 1. The smallest absolute Gasteiger partial charge is 0.330 e. The third kappa shape index (κ3) is 3.78. The van der Waals surface area contributed by atoms with E-state index in [9.17, 15) is 4.79 Å². The molecule has 0 saturated carbocycles. The highest BCUT2D eigenvalue weighted by Crippen LogP contribution is 2.30. The Morgan fingerprint density at radius 2 is 2.14 bits per heavy atom. The fourth-order valence-corrected chi connectivity index (χ4v) is 3.66. The Labute approximate surface area is 130 Å². The Morgan fingerprint density at radius 3 is 2.67 bits per heavy atom. The van der Waals surface area contributed by atoms with Crippen LogP contribution in [-0.2, 0) is 19.8 Å². The van der Waals surface area contributed by atoms with Crippen LogP contribution >= 0.6 is 11.8 Å². The summed E-state index contributed by atoms with van der Waals surface area (Å²) in [6.07, 6.45) is 0.707. The lowest BCUT2D eigenvalue weighted by Crippen LogP contribution is -2.50. The number of carbonyl (C=O) groups is 1. The number of nitrogens with one attached hydrogen (secondary N) is 1. The van der Waals surface area contributed by atoms with Gasteiger partial charge in [-0.15, -0.1) is 0 Å². The summed E-state index contributed by atoms with van der Waals surface area (Å²) in [5, 5.41) is 3.92. The van der Waals surface area contributed by atoms with Gasteiger partial charge in [-0.05, 0) is 24.3 Å². The van der Waals surface area contributed by atoms with Gasteiger partial charge in [-0.2, -0.15) is 11.8 Å². The Balaban J connectivity index is 2.15. The van der Waals surface area contributed by atoms with Gasteiger partial charge in [0.1, 0.15) is 5.54 Å². The molecular weight excluding hydrogens is 286 g/mol. The first-order valence-corrected chi connectivity index (χ1v) is 8.36. The predicted octanol–water partition coefficient (Wildman–Crippen LogP) is 2.19. The number of hydrogen-bond donors (Lipinski definition) is 1. The number of hydrogen-bond acceptors (Lipinski definition) is 5. The van der Waals surface area contributed by atoms with Gasteiger partial charge in [0, 0.05) is 0 Å². The number of rotatable bonds is 8. The van der Waals surface area contributed by atoms with Crippen molar-refractivity contribution in [3.63, 3.8) is 0 Å². The topological polar surface area (TPSA) is 47.6 Å². The number of thioether (sulfide) groups is 1. The molecule has 1 heterocycles. The molecule has 0 aliphatic carbocycles. The normalized spacial score (nSPS) is 17.8. The van der Waals surface area contributed by atoms with Crippen molar-refractivity contribution in [1.82, 2.24) is 5.32 Å². The molecule has 1 aliphatic rings. The lowest BCUT2D eigenvalue weighted by molar-refractivity contribution is -0.149.